The number of para-hydroxylation sites is 1. The maximum Gasteiger partial charge on any atom is 0.398 e. The van der Waals surface area contributed by atoms with Gasteiger partial charge in [0.25, 0.3) is 0 Å². The molecule has 1 amide bonds. The van der Waals surface area contributed by atoms with Crippen LogP contribution in [0.15, 0.2) is 24.3 Å². The molecule has 0 spiro atoms. The number of carbonyl (C=O) groups is 2. The monoisotopic (exact) mass is 399 g/mol. The number of hydrogen-bond acceptors (Lipinski definition) is 7. The zero-order chi connectivity index (χ0) is 19.9. The predicted molar refractivity (Wildman–Crippen MR) is 99.0 cm³/mol. The molecule has 0 aliphatic carbocycles. The quantitative estimate of drug-likeness (QED) is 0.531. The van der Waals surface area contributed by atoms with E-state index in [1.807, 2.05) is 32.0 Å². The lowest BCUT2D eigenvalue weighted by molar-refractivity contribution is -0.141. The topological polar surface area (TPSA) is 92.3 Å². The van der Waals surface area contributed by atoms with Gasteiger partial charge in [-0.15, -0.1) is 0 Å². The first-order chi connectivity index (χ1) is 12.9. The Hall–Kier alpha value is -1.73. The van der Waals surface area contributed by atoms with Gasteiger partial charge >= 0.3 is 14.6 Å². The van der Waals surface area contributed by atoms with E-state index in [2.05, 4.69) is 10.1 Å². The molecule has 0 aromatic heterocycles. The van der Waals surface area contributed by atoms with Crippen molar-refractivity contribution in [1.29, 1.82) is 0 Å². The van der Waals surface area contributed by atoms with Crippen LogP contribution in [-0.4, -0.2) is 45.4 Å². The van der Waals surface area contributed by atoms with Crippen LogP contribution in [0.25, 0.3) is 0 Å². The van der Waals surface area contributed by atoms with E-state index in [-0.39, 0.29) is 24.8 Å². The molecule has 1 heterocycles. The second-order valence-electron chi connectivity index (χ2n) is 6.72. The lowest BCUT2D eigenvalue weighted by atomic mass is 9.87. The van der Waals surface area contributed by atoms with Crippen LogP contribution < -0.4 is 9.84 Å². The van der Waals surface area contributed by atoms with Gasteiger partial charge in [-0.3, -0.25) is 14.1 Å². The van der Waals surface area contributed by atoms with Crippen molar-refractivity contribution in [2.75, 3.05) is 27.4 Å². The van der Waals surface area contributed by atoms with Crippen molar-refractivity contribution in [1.82, 2.24) is 5.32 Å². The van der Waals surface area contributed by atoms with Gasteiger partial charge in [-0.2, -0.15) is 0 Å². The van der Waals surface area contributed by atoms with Crippen LogP contribution in [0.2, 0.25) is 0 Å². The fraction of sp³-hybridized carbons (Fsp3) is 0.556. The number of rotatable bonds is 8. The number of ether oxygens (including phenoxy) is 2. The maximum atomic E-state index is 12.5. The Balaban J connectivity index is 1.99. The number of amides is 1. The molecular weight excluding hydrogens is 373 g/mol. The lowest BCUT2D eigenvalue weighted by Crippen LogP contribution is -2.49. The first-order valence-corrected chi connectivity index (χ1v) is 9.66. The van der Waals surface area contributed by atoms with Crippen molar-refractivity contribution < 1.29 is 32.6 Å². The average Bonchev–Trinajstić information content (AvgIpc) is 2.64. The van der Waals surface area contributed by atoms with Gasteiger partial charge in [0.1, 0.15) is 5.75 Å². The molecule has 2 atom stereocenters. The van der Waals surface area contributed by atoms with Gasteiger partial charge in [-0.1, -0.05) is 32.0 Å². The van der Waals surface area contributed by atoms with Gasteiger partial charge < -0.3 is 23.8 Å². The molecule has 2 rings (SSSR count). The molecule has 27 heavy (non-hydrogen) atoms. The van der Waals surface area contributed by atoms with E-state index >= 15 is 0 Å². The predicted octanol–water partition coefficient (Wildman–Crippen LogP) is 2.56. The number of nitrogens with one attached hydrogen (secondary N) is 1. The summed E-state index contributed by atoms with van der Waals surface area (Å²) in [6.07, 6.45) is -0.661. The van der Waals surface area contributed by atoms with Crippen LogP contribution in [-0.2, 0) is 34.7 Å². The Morgan fingerprint density at radius 1 is 1.30 bits per heavy atom. The summed E-state index contributed by atoms with van der Waals surface area (Å²) in [6, 6.07) is 7.42. The van der Waals surface area contributed by atoms with Crippen molar-refractivity contribution in [3.8, 4) is 5.75 Å². The Labute approximate surface area is 160 Å². The SMILES string of the molecule is COCc1ccccc1OP1OCC(C)(C)C(C(=O)NCCC(=O)OC)O1. The minimum absolute atomic E-state index is 0.0988. The molecule has 1 N–H and O–H groups in total. The molecule has 1 aliphatic rings. The van der Waals surface area contributed by atoms with Crippen LogP contribution in [0.3, 0.4) is 0 Å². The van der Waals surface area contributed by atoms with Gasteiger partial charge in [0, 0.05) is 24.6 Å². The van der Waals surface area contributed by atoms with Crippen LogP contribution in [0, 0.1) is 5.41 Å². The molecule has 1 aliphatic heterocycles. The van der Waals surface area contributed by atoms with Crippen LogP contribution in [0.5, 0.6) is 5.75 Å². The summed E-state index contributed by atoms with van der Waals surface area (Å²) in [5.41, 5.74) is 0.322. The molecule has 1 fully saturated rings. The molecule has 150 valence electrons. The minimum Gasteiger partial charge on any atom is -0.469 e. The largest absolute Gasteiger partial charge is 0.469 e. The normalized spacial score (nSPS) is 21.3. The molecule has 9 heteroatoms. The summed E-state index contributed by atoms with van der Waals surface area (Å²) < 4.78 is 27.1. The van der Waals surface area contributed by atoms with Gasteiger partial charge in [0.2, 0.25) is 5.91 Å². The zero-order valence-electron chi connectivity index (χ0n) is 16.0. The van der Waals surface area contributed by atoms with Crippen molar-refractivity contribution in [3.05, 3.63) is 29.8 Å². The van der Waals surface area contributed by atoms with Gasteiger partial charge in [-0.25, -0.2) is 0 Å². The summed E-state index contributed by atoms with van der Waals surface area (Å²) in [6.45, 7) is 4.63. The summed E-state index contributed by atoms with van der Waals surface area (Å²) >= 11 is 0. The number of benzene rings is 1. The fourth-order valence-corrected chi connectivity index (χ4v) is 3.92. The molecule has 1 saturated heterocycles. The Morgan fingerprint density at radius 2 is 2.04 bits per heavy atom. The Morgan fingerprint density at radius 3 is 2.74 bits per heavy atom. The van der Waals surface area contributed by atoms with E-state index in [0.29, 0.717) is 19.0 Å². The Bertz CT molecular complexity index is 652. The van der Waals surface area contributed by atoms with Gasteiger partial charge in [-0.05, 0) is 6.07 Å². The second kappa shape index (κ2) is 9.99. The van der Waals surface area contributed by atoms with E-state index in [1.165, 1.54) is 7.11 Å². The molecule has 2 unspecified atom stereocenters. The van der Waals surface area contributed by atoms with E-state index < -0.39 is 20.1 Å². The van der Waals surface area contributed by atoms with Crippen LogP contribution >= 0.6 is 8.60 Å². The highest BCUT2D eigenvalue weighted by Crippen LogP contribution is 2.50. The van der Waals surface area contributed by atoms with E-state index in [9.17, 15) is 9.59 Å². The molecule has 1 aromatic rings. The van der Waals surface area contributed by atoms with Crippen molar-refractivity contribution in [2.24, 2.45) is 5.41 Å². The fourth-order valence-electron chi connectivity index (χ4n) is 2.44. The summed E-state index contributed by atoms with van der Waals surface area (Å²) in [4.78, 5) is 23.7. The molecule has 8 nitrogen and oxygen atoms in total. The van der Waals surface area contributed by atoms with Gasteiger partial charge in [0.05, 0.1) is 26.7 Å². The van der Waals surface area contributed by atoms with Crippen molar-refractivity contribution >= 4 is 20.5 Å². The highest BCUT2D eigenvalue weighted by Gasteiger charge is 2.45. The Kier molecular flexibility index (Phi) is 7.98. The first kappa shape index (κ1) is 21.6. The van der Waals surface area contributed by atoms with Gasteiger partial charge in [0.15, 0.2) is 6.10 Å². The van der Waals surface area contributed by atoms with Crippen molar-refractivity contribution in [3.63, 3.8) is 0 Å². The first-order valence-electron chi connectivity index (χ1n) is 8.56. The summed E-state index contributed by atoms with van der Waals surface area (Å²) in [5, 5.41) is 2.70. The highest BCUT2D eigenvalue weighted by molar-refractivity contribution is 7.42. The third kappa shape index (κ3) is 6.14. The summed E-state index contributed by atoms with van der Waals surface area (Å²) in [5.74, 6) is -0.105. The van der Waals surface area contributed by atoms with E-state index in [1.54, 1.807) is 13.2 Å². The summed E-state index contributed by atoms with van der Waals surface area (Å²) in [7, 11) is 1.17. The standard InChI is InChI=1S/C18H26NO7P/c1-18(2)12-24-27(25-14-8-6-5-7-13(14)11-22-3)26-16(18)17(21)19-10-9-15(20)23-4/h5-8,16H,9-12H2,1-4H3,(H,19,21). The van der Waals surface area contributed by atoms with Crippen molar-refractivity contribution in [2.45, 2.75) is 33.0 Å². The molecule has 0 saturated carbocycles. The number of methoxy groups -OCH3 is 2. The maximum absolute atomic E-state index is 12.5. The third-order valence-electron chi connectivity index (χ3n) is 3.98. The van der Waals surface area contributed by atoms with E-state index in [4.69, 9.17) is 18.3 Å². The van der Waals surface area contributed by atoms with Crippen LogP contribution in [0.1, 0.15) is 25.8 Å². The number of hydrogen-bond donors (Lipinski definition) is 1. The molecule has 1 aromatic carbocycles. The molecular formula is C18H26NO7P. The minimum atomic E-state index is -1.74. The lowest BCUT2D eigenvalue weighted by Gasteiger charge is -2.39. The highest BCUT2D eigenvalue weighted by atomic mass is 31.2. The molecule has 0 bridgehead atoms. The number of carbonyl (C=O) groups excluding carboxylic acids is 2. The third-order valence-corrected chi connectivity index (χ3v) is 5.05. The second-order valence-corrected chi connectivity index (χ2v) is 7.82. The zero-order valence-corrected chi connectivity index (χ0v) is 16.9. The molecule has 0 radical (unpaired) electrons. The average molecular weight is 399 g/mol. The van der Waals surface area contributed by atoms with Crippen LogP contribution in [0.4, 0.5) is 0 Å². The van der Waals surface area contributed by atoms with E-state index in [0.717, 1.165) is 5.56 Å². The number of esters is 1. The smallest absolute Gasteiger partial charge is 0.398 e.